The average molecular weight is 327 g/mol. The van der Waals surface area contributed by atoms with Gasteiger partial charge in [0.1, 0.15) is 0 Å². The lowest BCUT2D eigenvalue weighted by Crippen LogP contribution is -2.45. The summed E-state index contributed by atoms with van der Waals surface area (Å²) < 4.78 is 5.40. The van der Waals surface area contributed by atoms with Crippen LogP contribution in [0.4, 0.5) is 0 Å². The predicted octanol–water partition coefficient (Wildman–Crippen LogP) is 2.69. The molecule has 0 bridgehead atoms. The van der Waals surface area contributed by atoms with E-state index in [1.807, 2.05) is 18.2 Å². The van der Waals surface area contributed by atoms with Crippen LogP contribution in [0.2, 0.25) is 0 Å². The van der Waals surface area contributed by atoms with Crippen LogP contribution in [0.15, 0.2) is 30.3 Å². The highest BCUT2D eigenvalue weighted by Gasteiger charge is 2.28. The van der Waals surface area contributed by atoms with Crippen LogP contribution in [-0.2, 0) is 9.53 Å². The van der Waals surface area contributed by atoms with Gasteiger partial charge >= 0.3 is 0 Å². The summed E-state index contributed by atoms with van der Waals surface area (Å²) in [6.45, 7) is 8.60. The molecule has 124 valence electrons. The highest BCUT2D eigenvalue weighted by Crippen LogP contribution is 2.32. The summed E-state index contributed by atoms with van der Waals surface area (Å²) in [5.41, 5.74) is 1.11. The van der Waals surface area contributed by atoms with E-state index in [2.05, 4.69) is 43.5 Å². The van der Waals surface area contributed by atoms with Crippen molar-refractivity contribution in [2.24, 2.45) is 5.41 Å². The molecule has 0 radical (unpaired) electrons. The maximum Gasteiger partial charge on any atom is 0.222 e. The normalized spacial score (nSPS) is 19.9. The molecular weight excluding hydrogens is 300 g/mol. The van der Waals surface area contributed by atoms with Crippen LogP contribution in [-0.4, -0.2) is 31.7 Å². The van der Waals surface area contributed by atoms with Crippen molar-refractivity contribution >= 4 is 18.3 Å². The van der Waals surface area contributed by atoms with Gasteiger partial charge in [-0.3, -0.25) is 4.79 Å². The standard InChI is InChI=1S/C17H26N2O2.ClH/c1-17(2,3)16(13-7-5-4-6-8-13)19-15(20)11-14-12-21-10-9-18-14;/h4-8,14,16,18H,9-12H2,1-3H3,(H,19,20);1H. The fourth-order valence-electron chi connectivity index (χ4n) is 2.64. The second-order valence-electron chi connectivity index (χ2n) is 6.71. The summed E-state index contributed by atoms with van der Waals surface area (Å²) in [5.74, 6) is 0.0711. The Morgan fingerprint density at radius 2 is 2.05 bits per heavy atom. The van der Waals surface area contributed by atoms with E-state index in [9.17, 15) is 4.79 Å². The average Bonchev–Trinajstić information content (AvgIpc) is 2.45. The Kier molecular flexibility index (Phi) is 7.33. The number of hydrogen-bond donors (Lipinski definition) is 2. The number of ether oxygens (including phenoxy) is 1. The lowest BCUT2D eigenvalue weighted by atomic mass is 9.82. The first-order chi connectivity index (χ1) is 9.97. The molecule has 22 heavy (non-hydrogen) atoms. The molecule has 2 rings (SSSR count). The molecule has 1 aromatic carbocycles. The van der Waals surface area contributed by atoms with Gasteiger partial charge < -0.3 is 15.4 Å². The number of rotatable bonds is 4. The van der Waals surface area contributed by atoms with Crippen LogP contribution in [0.1, 0.15) is 38.8 Å². The minimum Gasteiger partial charge on any atom is -0.378 e. The first-order valence-corrected chi connectivity index (χ1v) is 7.62. The van der Waals surface area contributed by atoms with E-state index in [4.69, 9.17) is 4.74 Å². The number of nitrogens with one attached hydrogen (secondary N) is 2. The van der Waals surface area contributed by atoms with E-state index in [0.29, 0.717) is 13.0 Å². The summed E-state index contributed by atoms with van der Waals surface area (Å²) >= 11 is 0. The van der Waals surface area contributed by atoms with Crippen LogP contribution in [0, 0.1) is 5.41 Å². The molecule has 0 spiro atoms. The molecule has 0 saturated carbocycles. The topological polar surface area (TPSA) is 50.4 Å². The molecule has 1 amide bonds. The molecule has 2 N–H and O–H groups in total. The maximum atomic E-state index is 12.3. The van der Waals surface area contributed by atoms with Crippen LogP contribution >= 0.6 is 12.4 Å². The molecule has 1 aromatic rings. The molecule has 1 aliphatic heterocycles. The molecule has 1 saturated heterocycles. The van der Waals surface area contributed by atoms with E-state index in [-0.39, 0.29) is 35.8 Å². The van der Waals surface area contributed by atoms with Gasteiger partial charge in [-0.05, 0) is 11.0 Å². The predicted molar refractivity (Wildman–Crippen MR) is 91.3 cm³/mol. The number of benzene rings is 1. The third kappa shape index (κ3) is 5.59. The third-order valence-electron chi connectivity index (χ3n) is 3.73. The Labute approximate surface area is 139 Å². The SMILES string of the molecule is CC(C)(C)C(NC(=O)CC1COCCN1)c1ccccc1.Cl. The van der Waals surface area contributed by atoms with Gasteiger partial charge in [0.05, 0.1) is 19.3 Å². The van der Waals surface area contributed by atoms with Crippen molar-refractivity contribution in [1.29, 1.82) is 0 Å². The Hall–Kier alpha value is -1.10. The molecule has 0 aliphatic carbocycles. The van der Waals surface area contributed by atoms with E-state index >= 15 is 0 Å². The highest BCUT2D eigenvalue weighted by atomic mass is 35.5. The molecule has 0 aromatic heterocycles. The zero-order valence-corrected chi connectivity index (χ0v) is 14.4. The van der Waals surface area contributed by atoms with Gasteiger partial charge in [0.2, 0.25) is 5.91 Å². The molecule has 5 heteroatoms. The summed E-state index contributed by atoms with van der Waals surface area (Å²) in [5, 5.41) is 6.50. The molecule has 2 atom stereocenters. The molecule has 1 heterocycles. The first-order valence-electron chi connectivity index (χ1n) is 7.62. The van der Waals surface area contributed by atoms with Gasteiger partial charge in [-0.25, -0.2) is 0 Å². The fraction of sp³-hybridized carbons (Fsp3) is 0.588. The fourth-order valence-corrected chi connectivity index (χ4v) is 2.64. The van der Waals surface area contributed by atoms with Crippen LogP contribution in [0.5, 0.6) is 0 Å². The van der Waals surface area contributed by atoms with Crippen LogP contribution < -0.4 is 10.6 Å². The zero-order chi connectivity index (χ0) is 15.3. The monoisotopic (exact) mass is 326 g/mol. The van der Waals surface area contributed by atoms with Gasteiger partial charge in [0, 0.05) is 19.0 Å². The zero-order valence-electron chi connectivity index (χ0n) is 13.6. The number of hydrogen-bond acceptors (Lipinski definition) is 3. The Morgan fingerprint density at radius 3 is 2.59 bits per heavy atom. The molecule has 1 fully saturated rings. The number of amides is 1. The first kappa shape index (κ1) is 18.9. The molecule has 4 nitrogen and oxygen atoms in total. The summed E-state index contributed by atoms with van der Waals surface area (Å²) in [7, 11) is 0. The quantitative estimate of drug-likeness (QED) is 0.894. The largest absolute Gasteiger partial charge is 0.378 e. The Bertz CT molecular complexity index is 453. The maximum absolute atomic E-state index is 12.3. The lowest BCUT2D eigenvalue weighted by Gasteiger charge is -2.33. The van der Waals surface area contributed by atoms with Crippen LogP contribution in [0.3, 0.4) is 0 Å². The van der Waals surface area contributed by atoms with Gasteiger partial charge in [0.25, 0.3) is 0 Å². The van der Waals surface area contributed by atoms with E-state index in [0.717, 1.165) is 18.7 Å². The van der Waals surface area contributed by atoms with Gasteiger partial charge in [0.15, 0.2) is 0 Å². The summed E-state index contributed by atoms with van der Waals surface area (Å²) in [6, 6.07) is 10.3. The number of carbonyl (C=O) groups excluding carboxylic acids is 1. The Balaban J connectivity index is 0.00000242. The minimum atomic E-state index is -0.0342. The number of halogens is 1. The van der Waals surface area contributed by atoms with E-state index in [1.165, 1.54) is 0 Å². The van der Waals surface area contributed by atoms with Crippen molar-refractivity contribution in [2.75, 3.05) is 19.8 Å². The summed E-state index contributed by atoms with van der Waals surface area (Å²) in [6.07, 6.45) is 0.458. The molecule has 2 unspecified atom stereocenters. The van der Waals surface area contributed by atoms with E-state index < -0.39 is 0 Å². The van der Waals surface area contributed by atoms with Crippen molar-refractivity contribution in [2.45, 2.75) is 39.3 Å². The lowest BCUT2D eigenvalue weighted by molar-refractivity contribution is -0.123. The smallest absolute Gasteiger partial charge is 0.222 e. The third-order valence-corrected chi connectivity index (χ3v) is 3.73. The summed E-state index contributed by atoms with van der Waals surface area (Å²) in [4.78, 5) is 12.3. The van der Waals surface area contributed by atoms with Crippen molar-refractivity contribution in [3.63, 3.8) is 0 Å². The second-order valence-corrected chi connectivity index (χ2v) is 6.71. The van der Waals surface area contributed by atoms with Crippen LogP contribution in [0.25, 0.3) is 0 Å². The van der Waals surface area contributed by atoms with Gasteiger partial charge in [-0.1, -0.05) is 51.1 Å². The highest BCUT2D eigenvalue weighted by molar-refractivity contribution is 5.85. The van der Waals surface area contributed by atoms with E-state index in [1.54, 1.807) is 0 Å². The molecule has 1 aliphatic rings. The molecular formula is C17H27ClN2O2. The van der Waals surface area contributed by atoms with Crippen molar-refractivity contribution < 1.29 is 9.53 Å². The minimum absolute atomic E-state index is 0. The second kappa shape index (κ2) is 8.51. The van der Waals surface area contributed by atoms with Gasteiger partial charge in [-0.2, -0.15) is 0 Å². The van der Waals surface area contributed by atoms with Crippen molar-refractivity contribution in [3.8, 4) is 0 Å². The number of morpholine rings is 1. The van der Waals surface area contributed by atoms with Crippen molar-refractivity contribution in [3.05, 3.63) is 35.9 Å². The van der Waals surface area contributed by atoms with Gasteiger partial charge in [-0.15, -0.1) is 12.4 Å². The number of carbonyl (C=O) groups is 1. The van der Waals surface area contributed by atoms with Crippen molar-refractivity contribution in [1.82, 2.24) is 10.6 Å². The Morgan fingerprint density at radius 1 is 1.36 bits per heavy atom.